The van der Waals surface area contributed by atoms with Gasteiger partial charge in [-0.2, -0.15) is 5.10 Å². The lowest BCUT2D eigenvalue weighted by Gasteiger charge is -2.23. The van der Waals surface area contributed by atoms with E-state index >= 15 is 0 Å². The van der Waals surface area contributed by atoms with E-state index in [1.807, 2.05) is 0 Å². The fourth-order valence-electron chi connectivity index (χ4n) is 2.44. The molecule has 120 valence electrons. The topological polar surface area (TPSA) is 93.6 Å². The van der Waals surface area contributed by atoms with Gasteiger partial charge in [0.1, 0.15) is 10.1 Å². The minimum absolute atomic E-state index is 0.227. The molecule has 0 amide bonds. The maximum Gasteiger partial charge on any atom is 0.187 e. The van der Waals surface area contributed by atoms with Gasteiger partial charge in [0.2, 0.25) is 0 Å². The van der Waals surface area contributed by atoms with Crippen LogP contribution in [-0.2, 0) is 10.1 Å². The second-order valence-electron chi connectivity index (χ2n) is 5.17. The Morgan fingerprint density at radius 1 is 1.27 bits per heavy atom. The lowest BCUT2D eigenvalue weighted by molar-refractivity contribution is 0.412. The molecule has 2 N–H and O–H groups in total. The van der Waals surface area contributed by atoms with Crippen molar-refractivity contribution in [3.63, 3.8) is 0 Å². The molecule has 0 spiro atoms. The second-order valence-corrected chi connectivity index (χ2v) is 6.93. The number of hydrazone groups is 1. The van der Waals surface area contributed by atoms with Gasteiger partial charge in [-0.1, -0.05) is 37.5 Å². The molecule has 0 atom stereocenters. The zero-order valence-corrected chi connectivity index (χ0v) is 13.6. The molecule has 0 aromatic heterocycles. The summed E-state index contributed by atoms with van der Waals surface area (Å²) >= 11 is 5.14. The van der Waals surface area contributed by atoms with E-state index in [4.69, 9.17) is 12.2 Å². The molecule has 0 radical (unpaired) electrons. The molecule has 0 aliphatic heterocycles. The van der Waals surface area contributed by atoms with Crippen LogP contribution in [0.5, 0.6) is 0 Å². The third-order valence-corrected chi connectivity index (χ3v) is 4.62. The molecule has 22 heavy (non-hydrogen) atoms. The van der Waals surface area contributed by atoms with Crippen LogP contribution >= 0.6 is 12.2 Å². The SMILES string of the molecule is O=S(=O)([O-])c1ccccc1/C=N/NC(=S)NC1CCCCC1. The van der Waals surface area contributed by atoms with Crippen LogP contribution in [0.15, 0.2) is 34.3 Å². The molecule has 1 aromatic rings. The van der Waals surface area contributed by atoms with Crippen molar-refractivity contribution >= 4 is 33.7 Å². The lowest BCUT2D eigenvalue weighted by atomic mass is 9.96. The summed E-state index contributed by atoms with van der Waals surface area (Å²) in [6, 6.07) is 6.24. The monoisotopic (exact) mass is 340 g/mol. The summed E-state index contributed by atoms with van der Waals surface area (Å²) < 4.78 is 33.4. The highest BCUT2D eigenvalue weighted by atomic mass is 32.2. The van der Waals surface area contributed by atoms with Gasteiger partial charge in [0.05, 0.1) is 11.1 Å². The van der Waals surface area contributed by atoms with Gasteiger partial charge in [0.25, 0.3) is 0 Å². The number of nitrogens with zero attached hydrogens (tertiary/aromatic N) is 1. The Morgan fingerprint density at radius 2 is 1.95 bits per heavy atom. The van der Waals surface area contributed by atoms with E-state index in [0.717, 1.165) is 12.8 Å². The van der Waals surface area contributed by atoms with Gasteiger partial charge in [-0.3, -0.25) is 5.43 Å². The fourth-order valence-corrected chi connectivity index (χ4v) is 3.31. The summed E-state index contributed by atoms with van der Waals surface area (Å²) in [6.45, 7) is 0. The summed E-state index contributed by atoms with van der Waals surface area (Å²) in [7, 11) is -4.52. The Morgan fingerprint density at radius 3 is 2.64 bits per heavy atom. The summed E-state index contributed by atoms with van der Waals surface area (Å²) in [5.41, 5.74) is 2.88. The van der Waals surface area contributed by atoms with Gasteiger partial charge >= 0.3 is 0 Å². The quantitative estimate of drug-likeness (QED) is 0.375. The average molecular weight is 340 g/mol. The first-order chi connectivity index (χ1) is 10.5. The molecular formula is C14H18N3O3S2-. The van der Waals surface area contributed by atoms with Gasteiger partial charge in [0, 0.05) is 11.6 Å². The molecule has 0 heterocycles. The average Bonchev–Trinajstić information content (AvgIpc) is 2.48. The predicted octanol–water partition coefficient (Wildman–Crippen LogP) is 1.72. The maximum absolute atomic E-state index is 11.1. The van der Waals surface area contributed by atoms with Gasteiger partial charge in [-0.25, -0.2) is 8.42 Å². The minimum atomic E-state index is -4.52. The number of thiocarbonyl (C=S) groups is 1. The zero-order chi connectivity index (χ0) is 16.0. The van der Waals surface area contributed by atoms with Crippen molar-refractivity contribution < 1.29 is 13.0 Å². The summed E-state index contributed by atoms with van der Waals surface area (Å²) in [6.07, 6.45) is 7.10. The van der Waals surface area contributed by atoms with Crippen LogP contribution in [-0.4, -0.2) is 30.3 Å². The van der Waals surface area contributed by atoms with Crippen molar-refractivity contribution in [2.75, 3.05) is 0 Å². The van der Waals surface area contributed by atoms with E-state index < -0.39 is 10.1 Å². The summed E-state index contributed by atoms with van der Waals surface area (Å²) in [4.78, 5) is -0.299. The maximum atomic E-state index is 11.1. The Bertz CT molecular complexity index is 653. The molecule has 1 aliphatic rings. The van der Waals surface area contributed by atoms with E-state index in [1.54, 1.807) is 6.07 Å². The predicted molar refractivity (Wildman–Crippen MR) is 87.7 cm³/mol. The highest BCUT2D eigenvalue weighted by Gasteiger charge is 2.13. The van der Waals surface area contributed by atoms with Crippen LogP contribution in [0.3, 0.4) is 0 Å². The summed E-state index contributed by atoms with van der Waals surface area (Å²) in [5, 5.41) is 7.47. The van der Waals surface area contributed by atoms with Crippen molar-refractivity contribution in [2.45, 2.75) is 43.0 Å². The molecule has 0 bridgehead atoms. The molecule has 1 saturated carbocycles. The van der Waals surface area contributed by atoms with E-state index in [2.05, 4.69) is 15.8 Å². The molecule has 1 aliphatic carbocycles. The number of hydrogen-bond acceptors (Lipinski definition) is 5. The number of nitrogens with one attached hydrogen (secondary N) is 2. The fraction of sp³-hybridized carbons (Fsp3) is 0.429. The third kappa shape index (κ3) is 5.04. The van der Waals surface area contributed by atoms with Crippen LogP contribution < -0.4 is 10.7 Å². The Labute approximate surface area is 135 Å². The highest BCUT2D eigenvalue weighted by molar-refractivity contribution is 7.85. The second kappa shape index (κ2) is 7.66. The van der Waals surface area contributed by atoms with Gasteiger partial charge in [-0.15, -0.1) is 0 Å². The molecule has 1 aromatic carbocycles. The normalized spacial score (nSPS) is 16.6. The standard InChI is InChI=1S/C14H19N3O3S2/c18-22(19,20)13-9-5-4-6-11(13)10-15-17-14(21)16-12-7-2-1-3-8-12/h4-6,9-10,12H,1-3,7-8H2,(H2,16,17,21)(H,18,19,20)/p-1/b15-10+. The van der Waals surface area contributed by atoms with Crippen LogP contribution in [0.2, 0.25) is 0 Å². The van der Waals surface area contributed by atoms with Crippen molar-refractivity contribution in [3.8, 4) is 0 Å². The van der Waals surface area contributed by atoms with Gasteiger partial charge < -0.3 is 9.87 Å². The Hall–Kier alpha value is -1.51. The van der Waals surface area contributed by atoms with Crippen molar-refractivity contribution in [2.24, 2.45) is 5.10 Å². The van der Waals surface area contributed by atoms with E-state index in [9.17, 15) is 13.0 Å². The van der Waals surface area contributed by atoms with Crippen LogP contribution in [0.1, 0.15) is 37.7 Å². The Kier molecular flexibility index (Phi) is 5.87. The van der Waals surface area contributed by atoms with Crippen LogP contribution in [0.4, 0.5) is 0 Å². The number of benzene rings is 1. The molecular weight excluding hydrogens is 322 g/mol. The third-order valence-electron chi connectivity index (χ3n) is 3.50. The van der Waals surface area contributed by atoms with Gasteiger partial charge in [0.15, 0.2) is 5.11 Å². The summed E-state index contributed by atoms with van der Waals surface area (Å²) in [5.74, 6) is 0. The zero-order valence-electron chi connectivity index (χ0n) is 12.0. The van der Waals surface area contributed by atoms with Gasteiger partial charge in [-0.05, 0) is 31.1 Å². The minimum Gasteiger partial charge on any atom is -0.744 e. The molecule has 0 saturated heterocycles. The van der Waals surface area contributed by atoms with E-state index in [-0.39, 0.29) is 10.5 Å². The van der Waals surface area contributed by atoms with Crippen molar-refractivity contribution in [1.29, 1.82) is 0 Å². The van der Waals surface area contributed by atoms with Crippen molar-refractivity contribution in [3.05, 3.63) is 29.8 Å². The van der Waals surface area contributed by atoms with Crippen LogP contribution in [0.25, 0.3) is 0 Å². The largest absolute Gasteiger partial charge is 0.744 e. The highest BCUT2D eigenvalue weighted by Crippen LogP contribution is 2.17. The molecule has 6 nitrogen and oxygen atoms in total. The molecule has 0 unspecified atom stereocenters. The van der Waals surface area contributed by atoms with E-state index in [0.29, 0.717) is 11.2 Å². The first-order valence-electron chi connectivity index (χ1n) is 7.11. The molecule has 2 rings (SSSR count). The number of rotatable bonds is 4. The Balaban J connectivity index is 1.94. The smallest absolute Gasteiger partial charge is 0.187 e. The van der Waals surface area contributed by atoms with E-state index in [1.165, 1.54) is 43.7 Å². The molecule has 1 fully saturated rings. The number of hydrogen-bond donors (Lipinski definition) is 2. The lowest BCUT2D eigenvalue weighted by Crippen LogP contribution is -2.40. The van der Waals surface area contributed by atoms with Crippen molar-refractivity contribution in [1.82, 2.24) is 10.7 Å². The first kappa shape index (κ1) is 16.9. The van der Waals surface area contributed by atoms with Crippen LogP contribution in [0, 0.1) is 0 Å². The molecule has 8 heteroatoms. The first-order valence-corrected chi connectivity index (χ1v) is 8.93.